The van der Waals surface area contributed by atoms with Crippen molar-refractivity contribution in [3.8, 4) is 5.69 Å². The number of nitrogens with zero attached hydrogens (tertiary/aromatic N) is 3. The second-order valence-corrected chi connectivity index (χ2v) is 7.83. The number of hydrogen-bond acceptors (Lipinski definition) is 4. The third-order valence-corrected chi connectivity index (χ3v) is 5.86. The van der Waals surface area contributed by atoms with E-state index >= 15 is 0 Å². The van der Waals surface area contributed by atoms with E-state index in [0.29, 0.717) is 17.9 Å². The molecule has 4 rings (SSSR count). The van der Waals surface area contributed by atoms with Gasteiger partial charge in [-0.2, -0.15) is 5.10 Å². The highest BCUT2D eigenvalue weighted by molar-refractivity contribution is 5.94. The lowest BCUT2D eigenvalue weighted by molar-refractivity contribution is -0.122. The highest BCUT2D eigenvalue weighted by Gasteiger charge is 2.29. The van der Waals surface area contributed by atoms with Crippen LogP contribution in [0.5, 0.6) is 0 Å². The predicted molar refractivity (Wildman–Crippen MR) is 106 cm³/mol. The van der Waals surface area contributed by atoms with E-state index in [1.807, 2.05) is 0 Å². The largest absolute Gasteiger partial charge is 0.358 e. The van der Waals surface area contributed by atoms with Crippen LogP contribution in [0.2, 0.25) is 0 Å². The third kappa shape index (κ3) is 4.07. The number of hydrogen-bond donors (Lipinski definition) is 2. The molecule has 2 amide bonds. The predicted octanol–water partition coefficient (Wildman–Crippen LogP) is 1.58. The van der Waals surface area contributed by atoms with Crippen molar-refractivity contribution in [2.45, 2.75) is 38.1 Å². The Hall–Kier alpha value is -2.81. The average Bonchev–Trinajstić information content (AvgIpc) is 3.34. The molecular weight excluding hydrogens is 392 g/mol. The van der Waals surface area contributed by atoms with Crippen molar-refractivity contribution in [3.63, 3.8) is 0 Å². The van der Waals surface area contributed by atoms with Gasteiger partial charge in [-0.15, -0.1) is 0 Å². The first kappa shape index (κ1) is 20.5. The Morgan fingerprint density at radius 2 is 1.93 bits per heavy atom. The Labute approximate surface area is 173 Å². The van der Waals surface area contributed by atoms with Crippen LogP contribution < -0.4 is 10.6 Å². The molecule has 1 aliphatic carbocycles. The monoisotopic (exact) mass is 417 g/mol. The van der Waals surface area contributed by atoms with Gasteiger partial charge in [0.25, 0.3) is 5.91 Å². The fraction of sp³-hybridized carbons (Fsp3) is 0.476. The minimum Gasteiger partial charge on any atom is -0.358 e. The summed E-state index contributed by atoms with van der Waals surface area (Å²) in [5, 5.41) is 10.1. The van der Waals surface area contributed by atoms with Gasteiger partial charge in [0, 0.05) is 43.5 Å². The zero-order chi connectivity index (χ0) is 21.3. The van der Waals surface area contributed by atoms with Crippen LogP contribution in [0, 0.1) is 11.6 Å². The number of likely N-dealkylation sites (tertiary alicyclic amines) is 1. The summed E-state index contributed by atoms with van der Waals surface area (Å²) in [6.07, 6.45) is 3.90. The molecule has 1 aromatic heterocycles. The van der Waals surface area contributed by atoms with Crippen molar-refractivity contribution in [1.82, 2.24) is 25.3 Å². The number of nitrogens with one attached hydrogen (secondary N) is 2. The zero-order valence-electron chi connectivity index (χ0n) is 16.9. The number of aromatic nitrogens is 2. The molecule has 1 aromatic carbocycles. The molecular formula is C21H25F2N5O2. The van der Waals surface area contributed by atoms with Gasteiger partial charge < -0.3 is 10.6 Å². The molecule has 2 N–H and O–H groups in total. The van der Waals surface area contributed by atoms with Crippen LogP contribution in [-0.2, 0) is 17.6 Å². The molecule has 7 nitrogen and oxygen atoms in total. The molecule has 2 heterocycles. The van der Waals surface area contributed by atoms with Gasteiger partial charge in [0.05, 0.1) is 12.2 Å². The fourth-order valence-electron chi connectivity index (χ4n) is 4.22. The number of halogens is 2. The lowest BCUT2D eigenvalue weighted by Crippen LogP contribution is -2.47. The molecule has 160 valence electrons. The summed E-state index contributed by atoms with van der Waals surface area (Å²) in [7, 11) is 1.62. The van der Waals surface area contributed by atoms with Gasteiger partial charge in [0.2, 0.25) is 5.91 Å². The van der Waals surface area contributed by atoms with Crippen LogP contribution in [0.1, 0.15) is 41.0 Å². The molecule has 0 unspecified atom stereocenters. The average molecular weight is 417 g/mol. The summed E-state index contributed by atoms with van der Waals surface area (Å²) < 4.78 is 28.6. The Morgan fingerprint density at radius 3 is 2.63 bits per heavy atom. The minimum absolute atomic E-state index is 0.0175. The summed E-state index contributed by atoms with van der Waals surface area (Å²) in [6.45, 7) is 1.84. The summed E-state index contributed by atoms with van der Waals surface area (Å²) in [4.78, 5) is 26.5. The quantitative estimate of drug-likeness (QED) is 0.774. The molecule has 0 atom stereocenters. The van der Waals surface area contributed by atoms with E-state index in [9.17, 15) is 18.4 Å². The van der Waals surface area contributed by atoms with Gasteiger partial charge in [-0.25, -0.2) is 13.5 Å². The molecule has 1 saturated heterocycles. The number of piperidine rings is 1. The summed E-state index contributed by atoms with van der Waals surface area (Å²) in [6, 6.07) is 3.66. The minimum atomic E-state index is -0.940. The van der Waals surface area contributed by atoms with Crippen LogP contribution in [0.25, 0.3) is 5.69 Å². The van der Waals surface area contributed by atoms with Crippen LogP contribution >= 0.6 is 0 Å². The molecule has 1 aliphatic heterocycles. The maximum atomic E-state index is 13.7. The van der Waals surface area contributed by atoms with Crippen molar-refractivity contribution < 1.29 is 18.4 Å². The molecule has 0 spiro atoms. The normalized spacial score (nSPS) is 17.0. The highest BCUT2D eigenvalue weighted by atomic mass is 19.2. The smallest absolute Gasteiger partial charge is 0.272 e. The van der Waals surface area contributed by atoms with Gasteiger partial charge in [-0.3, -0.25) is 14.5 Å². The van der Waals surface area contributed by atoms with Crippen molar-refractivity contribution in [1.29, 1.82) is 0 Å². The van der Waals surface area contributed by atoms with Crippen LogP contribution in [0.3, 0.4) is 0 Å². The van der Waals surface area contributed by atoms with Crippen LogP contribution in [-0.4, -0.2) is 59.2 Å². The lowest BCUT2D eigenvalue weighted by Gasteiger charge is -2.31. The van der Waals surface area contributed by atoms with Crippen molar-refractivity contribution in [2.75, 3.05) is 26.7 Å². The summed E-state index contributed by atoms with van der Waals surface area (Å²) in [5.74, 6) is -2.11. The number of rotatable bonds is 5. The molecule has 0 bridgehead atoms. The third-order valence-electron chi connectivity index (χ3n) is 5.86. The number of carbonyl (C=O) groups is 2. The van der Waals surface area contributed by atoms with E-state index in [2.05, 4.69) is 20.6 Å². The molecule has 9 heteroatoms. The Balaban J connectivity index is 1.46. The summed E-state index contributed by atoms with van der Waals surface area (Å²) >= 11 is 0. The first-order chi connectivity index (χ1) is 14.5. The van der Waals surface area contributed by atoms with Gasteiger partial charge >= 0.3 is 0 Å². The number of fused-ring (bicyclic) bond motifs is 1. The Kier molecular flexibility index (Phi) is 5.80. The zero-order valence-corrected chi connectivity index (χ0v) is 16.9. The van der Waals surface area contributed by atoms with E-state index in [1.165, 1.54) is 6.07 Å². The number of likely N-dealkylation sites (N-methyl/N-ethyl adjacent to an activating group) is 1. The molecule has 0 radical (unpaired) electrons. The highest BCUT2D eigenvalue weighted by Crippen LogP contribution is 2.28. The standard InChI is InChI=1S/C21H25F2N5O2/c1-24-19(29)12-27-9-7-13(8-10-27)25-21(30)20-15-3-2-4-18(15)28(26-20)14-5-6-16(22)17(23)11-14/h5-6,11,13H,2-4,7-10,12H2,1H3,(H,24,29)(H,25,30). The molecule has 2 aliphatic rings. The van der Waals surface area contributed by atoms with E-state index in [-0.39, 0.29) is 17.9 Å². The maximum Gasteiger partial charge on any atom is 0.272 e. The SMILES string of the molecule is CNC(=O)CN1CCC(NC(=O)c2nn(-c3ccc(F)c(F)c3)c3c2CCC3)CC1. The molecule has 30 heavy (non-hydrogen) atoms. The molecule has 0 saturated carbocycles. The topological polar surface area (TPSA) is 79.3 Å². The number of carbonyl (C=O) groups excluding carboxylic acids is 2. The Bertz CT molecular complexity index is 967. The second kappa shape index (κ2) is 8.51. The van der Waals surface area contributed by atoms with Crippen LogP contribution in [0.15, 0.2) is 18.2 Å². The lowest BCUT2D eigenvalue weighted by atomic mass is 10.0. The number of amides is 2. The number of benzene rings is 1. The van der Waals surface area contributed by atoms with E-state index in [1.54, 1.807) is 11.7 Å². The van der Waals surface area contributed by atoms with Gasteiger partial charge in [0.1, 0.15) is 0 Å². The van der Waals surface area contributed by atoms with Gasteiger partial charge in [0.15, 0.2) is 17.3 Å². The van der Waals surface area contributed by atoms with Crippen molar-refractivity contribution in [2.24, 2.45) is 0 Å². The fourth-order valence-corrected chi connectivity index (χ4v) is 4.22. The first-order valence-electron chi connectivity index (χ1n) is 10.3. The molecule has 2 aromatic rings. The van der Waals surface area contributed by atoms with Crippen molar-refractivity contribution in [3.05, 3.63) is 46.8 Å². The maximum absolute atomic E-state index is 13.7. The van der Waals surface area contributed by atoms with E-state index in [4.69, 9.17) is 0 Å². The van der Waals surface area contributed by atoms with E-state index < -0.39 is 11.6 Å². The van der Waals surface area contributed by atoms with Crippen LogP contribution in [0.4, 0.5) is 8.78 Å². The molecule has 1 fully saturated rings. The Morgan fingerprint density at radius 1 is 1.17 bits per heavy atom. The second-order valence-electron chi connectivity index (χ2n) is 7.83. The van der Waals surface area contributed by atoms with Gasteiger partial charge in [-0.05, 0) is 44.2 Å². The summed E-state index contributed by atoms with van der Waals surface area (Å²) in [5.41, 5.74) is 2.54. The van der Waals surface area contributed by atoms with E-state index in [0.717, 1.165) is 68.6 Å². The van der Waals surface area contributed by atoms with Gasteiger partial charge in [-0.1, -0.05) is 0 Å². The first-order valence-corrected chi connectivity index (χ1v) is 10.3. The van der Waals surface area contributed by atoms with Crippen molar-refractivity contribution >= 4 is 11.8 Å².